The van der Waals surface area contributed by atoms with Crippen LogP contribution in [-0.4, -0.2) is 19.5 Å². The van der Waals surface area contributed by atoms with Crippen molar-refractivity contribution in [3.05, 3.63) is 0 Å². The fourth-order valence-electron chi connectivity index (χ4n) is 0.699. The van der Waals surface area contributed by atoms with Gasteiger partial charge in [-0.05, 0) is 13.3 Å². The van der Waals surface area contributed by atoms with Crippen molar-refractivity contribution in [1.82, 2.24) is 5.32 Å². The second-order valence-electron chi connectivity index (χ2n) is 2.70. The molecular formula is C7H16N2O. The summed E-state index contributed by atoms with van der Waals surface area (Å²) in [5, 5.41) is 2.59. The fraction of sp³-hybridized carbons (Fsp3) is 0.857. The zero-order chi connectivity index (χ0) is 8.20. The number of nitrogens with one attached hydrogen (secondary N) is 1. The molecule has 0 saturated carbocycles. The average molecular weight is 144 g/mol. The molecular weight excluding hydrogens is 128 g/mol. The lowest BCUT2D eigenvalue weighted by molar-refractivity contribution is -0.129. The first-order valence-electron chi connectivity index (χ1n) is 3.53. The lowest BCUT2D eigenvalue weighted by Gasteiger charge is -2.23. The Morgan fingerprint density at radius 1 is 1.70 bits per heavy atom. The molecule has 60 valence electrons. The summed E-state index contributed by atoms with van der Waals surface area (Å²) in [6.07, 6.45) is 0.781. The zero-order valence-corrected chi connectivity index (χ0v) is 6.90. The zero-order valence-electron chi connectivity index (χ0n) is 6.90. The van der Waals surface area contributed by atoms with Crippen molar-refractivity contribution in [3.8, 4) is 0 Å². The van der Waals surface area contributed by atoms with Crippen molar-refractivity contribution in [2.24, 2.45) is 11.1 Å². The van der Waals surface area contributed by atoms with Crippen LogP contribution in [0.2, 0.25) is 0 Å². The Labute approximate surface area is 62.0 Å². The summed E-state index contributed by atoms with van der Waals surface area (Å²) in [6, 6.07) is 0. The van der Waals surface area contributed by atoms with Gasteiger partial charge in [-0.25, -0.2) is 0 Å². The van der Waals surface area contributed by atoms with Crippen molar-refractivity contribution in [3.63, 3.8) is 0 Å². The van der Waals surface area contributed by atoms with Crippen LogP contribution in [0.4, 0.5) is 0 Å². The van der Waals surface area contributed by atoms with Crippen LogP contribution in [0.1, 0.15) is 20.3 Å². The molecule has 0 aromatic heterocycles. The van der Waals surface area contributed by atoms with Gasteiger partial charge in [-0.3, -0.25) is 4.79 Å². The van der Waals surface area contributed by atoms with E-state index in [0.29, 0.717) is 6.54 Å². The molecule has 0 rings (SSSR count). The molecule has 3 heteroatoms. The number of carbonyl (C=O) groups is 1. The summed E-state index contributed by atoms with van der Waals surface area (Å²) in [5.74, 6) is 0.0255. The first-order chi connectivity index (χ1) is 4.60. The lowest BCUT2D eigenvalue weighted by Crippen LogP contribution is -2.41. The normalized spacial score (nSPS) is 16.0. The maximum Gasteiger partial charge on any atom is 0.226 e. The van der Waals surface area contributed by atoms with E-state index in [1.807, 2.05) is 13.8 Å². The number of hydrogen-bond donors (Lipinski definition) is 2. The Kier molecular flexibility index (Phi) is 3.36. The van der Waals surface area contributed by atoms with Crippen LogP contribution in [0.15, 0.2) is 0 Å². The molecule has 0 aliphatic carbocycles. The summed E-state index contributed by atoms with van der Waals surface area (Å²) in [6.45, 7) is 4.23. The number of rotatable bonds is 3. The highest BCUT2D eigenvalue weighted by atomic mass is 16.2. The van der Waals surface area contributed by atoms with Crippen molar-refractivity contribution in [1.29, 1.82) is 0 Å². The maximum atomic E-state index is 11.1. The molecule has 0 saturated heterocycles. The largest absolute Gasteiger partial charge is 0.359 e. The summed E-state index contributed by atoms with van der Waals surface area (Å²) >= 11 is 0. The molecule has 1 unspecified atom stereocenters. The van der Waals surface area contributed by atoms with E-state index < -0.39 is 0 Å². The second kappa shape index (κ2) is 3.56. The first-order valence-corrected chi connectivity index (χ1v) is 3.53. The van der Waals surface area contributed by atoms with Gasteiger partial charge in [-0.1, -0.05) is 6.92 Å². The van der Waals surface area contributed by atoms with Crippen molar-refractivity contribution < 1.29 is 4.79 Å². The molecule has 0 heterocycles. The third kappa shape index (κ3) is 1.70. The molecule has 0 aromatic carbocycles. The van der Waals surface area contributed by atoms with E-state index in [-0.39, 0.29) is 11.3 Å². The van der Waals surface area contributed by atoms with E-state index in [9.17, 15) is 4.79 Å². The average Bonchev–Trinajstić information content (AvgIpc) is 2.01. The molecule has 0 aliphatic heterocycles. The minimum absolute atomic E-state index is 0.0255. The Bertz CT molecular complexity index is 119. The maximum absolute atomic E-state index is 11.1. The first kappa shape index (κ1) is 9.43. The molecule has 3 N–H and O–H groups in total. The van der Waals surface area contributed by atoms with Crippen molar-refractivity contribution in [2.45, 2.75) is 20.3 Å². The van der Waals surface area contributed by atoms with Gasteiger partial charge in [0.15, 0.2) is 0 Å². The highest BCUT2D eigenvalue weighted by Gasteiger charge is 2.28. The van der Waals surface area contributed by atoms with Gasteiger partial charge < -0.3 is 11.1 Å². The van der Waals surface area contributed by atoms with Gasteiger partial charge in [-0.15, -0.1) is 0 Å². The summed E-state index contributed by atoms with van der Waals surface area (Å²) < 4.78 is 0. The Hall–Kier alpha value is -0.570. The lowest BCUT2D eigenvalue weighted by atomic mass is 9.87. The van der Waals surface area contributed by atoms with E-state index in [2.05, 4.69) is 5.32 Å². The molecule has 0 fully saturated rings. The standard InChI is InChI=1S/C7H16N2O/c1-4-7(2,5-8)6(10)9-3/h4-5,8H2,1-3H3,(H,9,10). The minimum Gasteiger partial charge on any atom is -0.359 e. The van der Waals surface area contributed by atoms with Crippen LogP contribution in [0.25, 0.3) is 0 Å². The van der Waals surface area contributed by atoms with Crippen LogP contribution < -0.4 is 11.1 Å². The molecule has 3 nitrogen and oxygen atoms in total. The summed E-state index contributed by atoms with van der Waals surface area (Å²) in [4.78, 5) is 11.1. The van der Waals surface area contributed by atoms with Crippen molar-refractivity contribution in [2.75, 3.05) is 13.6 Å². The van der Waals surface area contributed by atoms with E-state index in [1.165, 1.54) is 0 Å². The van der Waals surface area contributed by atoms with Gasteiger partial charge in [0.2, 0.25) is 5.91 Å². The molecule has 0 radical (unpaired) electrons. The predicted molar refractivity (Wildman–Crippen MR) is 41.5 cm³/mol. The number of carbonyl (C=O) groups excluding carboxylic acids is 1. The van der Waals surface area contributed by atoms with Crippen LogP contribution in [0.5, 0.6) is 0 Å². The third-order valence-electron chi connectivity index (χ3n) is 2.01. The van der Waals surface area contributed by atoms with E-state index >= 15 is 0 Å². The van der Waals surface area contributed by atoms with Crippen molar-refractivity contribution >= 4 is 5.91 Å². The highest BCUT2D eigenvalue weighted by molar-refractivity contribution is 5.82. The van der Waals surface area contributed by atoms with Gasteiger partial charge in [0, 0.05) is 13.6 Å². The van der Waals surface area contributed by atoms with Gasteiger partial charge in [0.05, 0.1) is 5.41 Å². The minimum atomic E-state index is -0.380. The van der Waals surface area contributed by atoms with Gasteiger partial charge in [0.25, 0.3) is 0 Å². The molecule has 0 aliphatic rings. The van der Waals surface area contributed by atoms with Gasteiger partial charge in [0.1, 0.15) is 0 Å². The number of amides is 1. The molecule has 0 spiro atoms. The predicted octanol–water partition coefficient (Wildman–Crippen LogP) is 0.107. The second-order valence-corrected chi connectivity index (χ2v) is 2.70. The van der Waals surface area contributed by atoms with Gasteiger partial charge >= 0.3 is 0 Å². The quantitative estimate of drug-likeness (QED) is 0.590. The summed E-state index contributed by atoms with van der Waals surface area (Å²) in [7, 11) is 1.63. The number of nitrogens with two attached hydrogens (primary N) is 1. The molecule has 0 bridgehead atoms. The smallest absolute Gasteiger partial charge is 0.226 e. The monoisotopic (exact) mass is 144 g/mol. The molecule has 1 amide bonds. The van der Waals surface area contributed by atoms with E-state index in [4.69, 9.17) is 5.73 Å². The van der Waals surface area contributed by atoms with Crippen LogP contribution in [0, 0.1) is 5.41 Å². The Morgan fingerprint density at radius 3 is 2.30 bits per heavy atom. The molecule has 0 aromatic rings. The Morgan fingerprint density at radius 2 is 2.20 bits per heavy atom. The SMILES string of the molecule is CCC(C)(CN)C(=O)NC. The summed E-state index contributed by atoms with van der Waals surface area (Å²) in [5.41, 5.74) is 5.05. The highest BCUT2D eigenvalue weighted by Crippen LogP contribution is 2.18. The van der Waals surface area contributed by atoms with Crippen LogP contribution in [0.3, 0.4) is 0 Å². The third-order valence-corrected chi connectivity index (χ3v) is 2.01. The van der Waals surface area contributed by atoms with E-state index in [1.54, 1.807) is 7.05 Å². The topological polar surface area (TPSA) is 55.1 Å². The van der Waals surface area contributed by atoms with Crippen LogP contribution >= 0.6 is 0 Å². The van der Waals surface area contributed by atoms with E-state index in [0.717, 1.165) is 6.42 Å². The van der Waals surface area contributed by atoms with Crippen LogP contribution in [-0.2, 0) is 4.79 Å². The Balaban J connectivity index is 4.17. The molecule has 1 atom stereocenters. The molecule has 10 heavy (non-hydrogen) atoms. The number of hydrogen-bond acceptors (Lipinski definition) is 2. The fourth-order valence-corrected chi connectivity index (χ4v) is 0.699. The van der Waals surface area contributed by atoms with Gasteiger partial charge in [-0.2, -0.15) is 0 Å².